The van der Waals surface area contributed by atoms with Gasteiger partial charge in [-0.1, -0.05) is 19.8 Å². The Kier molecular flexibility index (Phi) is 6.53. The lowest BCUT2D eigenvalue weighted by Crippen LogP contribution is -2.28. The fraction of sp³-hybridized carbons (Fsp3) is 0.714. The van der Waals surface area contributed by atoms with E-state index < -0.39 is 0 Å². The summed E-state index contributed by atoms with van der Waals surface area (Å²) in [7, 11) is 1.74. The van der Waals surface area contributed by atoms with Crippen LogP contribution in [0.5, 0.6) is 0 Å². The van der Waals surface area contributed by atoms with Crippen molar-refractivity contribution in [2.24, 2.45) is 0 Å². The van der Waals surface area contributed by atoms with Crippen molar-refractivity contribution in [2.45, 2.75) is 37.9 Å². The largest absolute Gasteiger partial charge is 0.378 e. The van der Waals surface area contributed by atoms with Crippen molar-refractivity contribution >= 4 is 17.6 Å². The van der Waals surface area contributed by atoms with Crippen LogP contribution in [0.2, 0.25) is 0 Å². The quantitative estimate of drug-likeness (QED) is 0.741. The van der Waals surface area contributed by atoms with Gasteiger partial charge >= 0.3 is 5.69 Å². The van der Waals surface area contributed by atoms with Gasteiger partial charge in [0, 0.05) is 25.6 Å². The standard InChI is InChI=1S/C14H23N3O3S/c1-3-4-5-8-19-9-13-20-12(10-21-13)17-7-6-11(15-2)16-14(17)18/h6-7,12-13H,3-5,8-10H2,1-2H3,(H,15,16,18)/t12-,13+/m0/s1. The fourth-order valence-corrected chi connectivity index (χ4v) is 3.10. The van der Waals surface area contributed by atoms with Gasteiger partial charge in [0.15, 0.2) is 0 Å². The van der Waals surface area contributed by atoms with Gasteiger partial charge in [0.25, 0.3) is 0 Å². The fourth-order valence-electron chi connectivity index (χ4n) is 2.08. The van der Waals surface area contributed by atoms with Gasteiger partial charge < -0.3 is 14.8 Å². The number of hydrogen-bond donors (Lipinski definition) is 1. The molecule has 0 spiro atoms. The normalized spacial score (nSPS) is 21.6. The minimum atomic E-state index is -0.294. The molecule has 0 saturated carbocycles. The van der Waals surface area contributed by atoms with E-state index in [1.54, 1.807) is 31.1 Å². The van der Waals surface area contributed by atoms with E-state index in [1.807, 2.05) is 0 Å². The number of nitrogens with one attached hydrogen (secondary N) is 1. The highest BCUT2D eigenvalue weighted by Gasteiger charge is 2.28. The Balaban J connectivity index is 1.81. The predicted octanol–water partition coefficient (Wildman–Crippen LogP) is 2.08. The summed E-state index contributed by atoms with van der Waals surface area (Å²) in [6.45, 7) is 3.52. The summed E-state index contributed by atoms with van der Waals surface area (Å²) in [6, 6.07) is 1.77. The molecule has 6 nitrogen and oxygen atoms in total. The molecule has 0 aromatic carbocycles. The maximum absolute atomic E-state index is 11.9. The van der Waals surface area contributed by atoms with Crippen LogP contribution in [0, 0.1) is 0 Å². The zero-order valence-corrected chi connectivity index (χ0v) is 13.4. The highest BCUT2D eigenvalue weighted by molar-refractivity contribution is 8.00. The number of unbranched alkanes of at least 4 members (excludes halogenated alkanes) is 2. The van der Waals surface area contributed by atoms with E-state index in [1.165, 1.54) is 17.4 Å². The zero-order valence-electron chi connectivity index (χ0n) is 12.6. The lowest BCUT2D eigenvalue weighted by atomic mass is 10.3. The van der Waals surface area contributed by atoms with Crippen LogP contribution in [0.15, 0.2) is 17.1 Å². The Bertz CT molecular complexity index is 495. The molecule has 0 aliphatic carbocycles. The summed E-state index contributed by atoms with van der Waals surface area (Å²) in [5.74, 6) is 1.31. The molecular weight excluding hydrogens is 290 g/mol. The third-order valence-corrected chi connectivity index (χ3v) is 4.37. The lowest BCUT2D eigenvalue weighted by molar-refractivity contribution is -0.0251. The second-order valence-electron chi connectivity index (χ2n) is 4.89. The molecule has 2 atom stereocenters. The first kappa shape index (κ1) is 16.3. The van der Waals surface area contributed by atoms with Crippen LogP contribution in [0.3, 0.4) is 0 Å². The van der Waals surface area contributed by atoms with Crippen molar-refractivity contribution < 1.29 is 9.47 Å². The van der Waals surface area contributed by atoms with Gasteiger partial charge in [-0.25, -0.2) is 4.79 Å². The SMILES string of the molecule is CCCCCOC[C@@H]1O[C@H](n2ccc(NC)nc2=O)CS1. The molecule has 1 aliphatic rings. The number of rotatable bonds is 8. The van der Waals surface area contributed by atoms with E-state index in [2.05, 4.69) is 17.2 Å². The molecule has 1 aromatic rings. The van der Waals surface area contributed by atoms with Crippen molar-refractivity contribution in [3.63, 3.8) is 0 Å². The van der Waals surface area contributed by atoms with E-state index in [0.717, 1.165) is 18.8 Å². The minimum absolute atomic E-state index is 0.00694. The van der Waals surface area contributed by atoms with Crippen molar-refractivity contribution in [2.75, 3.05) is 31.3 Å². The zero-order chi connectivity index (χ0) is 15.1. The molecule has 0 radical (unpaired) electrons. The van der Waals surface area contributed by atoms with Gasteiger partial charge in [-0.15, -0.1) is 11.8 Å². The molecule has 2 heterocycles. The number of aromatic nitrogens is 2. The molecule has 7 heteroatoms. The molecule has 21 heavy (non-hydrogen) atoms. The van der Waals surface area contributed by atoms with E-state index in [9.17, 15) is 4.79 Å². The molecular formula is C14H23N3O3S. The average molecular weight is 313 g/mol. The third-order valence-electron chi connectivity index (χ3n) is 3.28. The summed E-state index contributed by atoms with van der Waals surface area (Å²) in [4.78, 5) is 15.8. The van der Waals surface area contributed by atoms with Crippen molar-refractivity contribution in [3.8, 4) is 0 Å². The third kappa shape index (κ3) is 4.72. The molecule has 118 valence electrons. The van der Waals surface area contributed by atoms with Crippen LogP contribution in [0.4, 0.5) is 5.82 Å². The van der Waals surface area contributed by atoms with E-state index in [-0.39, 0.29) is 17.4 Å². The number of nitrogens with zero attached hydrogens (tertiary/aromatic N) is 2. The number of thioether (sulfide) groups is 1. The predicted molar refractivity (Wildman–Crippen MR) is 84.8 cm³/mol. The molecule has 2 rings (SSSR count). The molecule has 0 bridgehead atoms. The first-order valence-electron chi connectivity index (χ1n) is 7.36. The second-order valence-corrected chi connectivity index (χ2v) is 6.08. The monoisotopic (exact) mass is 313 g/mol. The molecule has 1 saturated heterocycles. The number of hydrogen-bond acceptors (Lipinski definition) is 6. The molecule has 1 N–H and O–H groups in total. The lowest BCUT2D eigenvalue weighted by Gasteiger charge is -2.15. The number of ether oxygens (including phenoxy) is 2. The second kappa shape index (κ2) is 8.41. The maximum atomic E-state index is 11.9. The Morgan fingerprint density at radius 3 is 3.14 bits per heavy atom. The average Bonchev–Trinajstić information content (AvgIpc) is 2.95. The molecule has 0 unspecified atom stereocenters. The molecule has 1 fully saturated rings. The summed E-state index contributed by atoms with van der Waals surface area (Å²) < 4.78 is 13.0. The maximum Gasteiger partial charge on any atom is 0.351 e. The van der Waals surface area contributed by atoms with Crippen LogP contribution in [0.25, 0.3) is 0 Å². The van der Waals surface area contributed by atoms with Gasteiger partial charge in [-0.2, -0.15) is 4.98 Å². The van der Waals surface area contributed by atoms with Crippen LogP contribution < -0.4 is 11.0 Å². The highest BCUT2D eigenvalue weighted by atomic mass is 32.2. The Morgan fingerprint density at radius 2 is 2.43 bits per heavy atom. The number of anilines is 1. The summed E-state index contributed by atoms with van der Waals surface area (Å²) in [5, 5.41) is 2.85. The summed E-state index contributed by atoms with van der Waals surface area (Å²) in [5.41, 5.74) is -0.301. The van der Waals surface area contributed by atoms with Crippen LogP contribution in [0.1, 0.15) is 32.4 Å². The van der Waals surface area contributed by atoms with Gasteiger partial charge in [0.05, 0.1) is 6.61 Å². The van der Waals surface area contributed by atoms with E-state index in [0.29, 0.717) is 12.4 Å². The van der Waals surface area contributed by atoms with Crippen molar-refractivity contribution in [1.82, 2.24) is 9.55 Å². The Labute approximate surface area is 129 Å². The van der Waals surface area contributed by atoms with Gasteiger partial charge in [0.2, 0.25) is 0 Å². The Morgan fingerprint density at radius 1 is 1.57 bits per heavy atom. The molecule has 1 aliphatic heterocycles. The summed E-state index contributed by atoms with van der Waals surface area (Å²) in [6.07, 6.45) is 4.94. The van der Waals surface area contributed by atoms with Crippen LogP contribution in [-0.4, -0.2) is 41.0 Å². The smallest absolute Gasteiger partial charge is 0.351 e. The van der Waals surface area contributed by atoms with Crippen molar-refractivity contribution in [1.29, 1.82) is 0 Å². The molecule has 1 aromatic heterocycles. The first-order valence-corrected chi connectivity index (χ1v) is 8.41. The van der Waals surface area contributed by atoms with E-state index >= 15 is 0 Å². The van der Waals surface area contributed by atoms with Crippen molar-refractivity contribution in [3.05, 3.63) is 22.7 Å². The van der Waals surface area contributed by atoms with Gasteiger partial charge in [-0.05, 0) is 12.5 Å². The Hall–Kier alpha value is -1.05. The van der Waals surface area contributed by atoms with Crippen LogP contribution >= 0.6 is 11.8 Å². The summed E-state index contributed by atoms with van der Waals surface area (Å²) >= 11 is 1.68. The molecule has 0 amide bonds. The van der Waals surface area contributed by atoms with Gasteiger partial charge in [-0.3, -0.25) is 4.57 Å². The minimum Gasteiger partial charge on any atom is -0.378 e. The van der Waals surface area contributed by atoms with Gasteiger partial charge in [0.1, 0.15) is 17.5 Å². The highest BCUT2D eigenvalue weighted by Crippen LogP contribution is 2.31. The van der Waals surface area contributed by atoms with E-state index in [4.69, 9.17) is 9.47 Å². The topological polar surface area (TPSA) is 65.4 Å². The first-order chi connectivity index (χ1) is 10.2. The van der Waals surface area contributed by atoms with Crippen LogP contribution in [-0.2, 0) is 9.47 Å².